The van der Waals surface area contributed by atoms with Crippen molar-refractivity contribution in [2.75, 3.05) is 6.61 Å². The summed E-state index contributed by atoms with van der Waals surface area (Å²) in [6, 6.07) is 12.5. The molecule has 40 heavy (non-hydrogen) atoms. The number of hydrogen-bond acceptors (Lipinski definition) is 1. The second-order valence-electron chi connectivity index (χ2n) is 10.5. The van der Waals surface area contributed by atoms with E-state index in [1.807, 2.05) is 19.1 Å². The summed E-state index contributed by atoms with van der Waals surface area (Å²) in [5.74, 6) is -3.45. The number of hydrogen-bond donors (Lipinski definition) is 0. The van der Waals surface area contributed by atoms with Crippen LogP contribution in [-0.4, -0.2) is 6.61 Å². The molecule has 1 atom stereocenters. The fourth-order valence-corrected chi connectivity index (χ4v) is 5.33. The Balaban J connectivity index is 1.45. The standard InChI is InChI=1S/C35H38F4O/c1-3-5-6-7-8-9-23-40-31-22-21-30(34(38)35(31)39)27-17-15-26(16-18-27)29-20-19-28(32(36)33(29)37)25-13-11-24(10-4-2)12-14-25/h4,10,13,15-22,24H,3,5-9,11-12,14,23H2,1-2H3. The van der Waals surface area contributed by atoms with E-state index >= 15 is 8.78 Å². The summed E-state index contributed by atoms with van der Waals surface area (Å²) >= 11 is 0. The van der Waals surface area contributed by atoms with E-state index in [-0.39, 0.29) is 16.9 Å². The van der Waals surface area contributed by atoms with E-state index in [2.05, 4.69) is 13.0 Å². The molecule has 1 aliphatic carbocycles. The van der Waals surface area contributed by atoms with Crippen LogP contribution in [0.25, 0.3) is 27.8 Å². The largest absolute Gasteiger partial charge is 0.490 e. The van der Waals surface area contributed by atoms with E-state index < -0.39 is 23.3 Å². The van der Waals surface area contributed by atoms with E-state index in [1.165, 1.54) is 31.4 Å². The van der Waals surface area contributed by atoms with Gasteiger partial charge in [0.05, 0.1) is 6.61 Å². The lowest BCUT2D eigenvalue weighted by atomic mass is 9.85. The van der Waals surface area contributed by atoms with Gasteiger partial charge in [-0.05, 0) is 67.4 Å². The van der Waals surface area contributed by atoms with Crippen LogP contribution in [0, 0.1) is 29.2 Å². The topological polar surface area (TPSA) is 9.23 Å². The lowest BCUT2D eigenvalue weighted by Crippen LogP contribution is -2.05. The van der Waals surface area contributed by atoms with Crippen LogP contribution in [-0.2, 0) is 0 Å². The zero-order valence-electron chi connectivity index (χ0n) is 23.4. The number of benzene rings is 3. The Hall–Kier alpha value is -3.34. The van der Waals surface area contributed by atoms with Crippen LogP contribution in [0.5, 0.6) is 5.75 Å². The summed E-state index contributed by atoms with van der Waals surface area (Å²) in [6.07, 6.45) is 15.0. The summed E-state index contributed by atoms with van der Waals surface area (Å²) in [4.78, 5) is 0. The summed E-state index contributed by atoms with van der Waals surface area (Å²) in [5.41, 5.74) is 2.23. The third kappa shape index (κ3) is 7.04. The van der Waals surface area contributed by atoms with Gasteiger partial charge < -0.3 is 4.74 Å². The summed E-state index contributed by atoms with van der Waals surface area (Å²) in [6.45, 7) is 4.48. The maximum atomic E-state index is 15.2. The molecule has 1 unspecified atom stereocenters. The molecule has 0 saturated heterocycles. The van der Waals surface area contributed by atoms with Gasteiger partial charge in [0.1, 0.15) is 0 Å². The molecule has 0 bridgehead atoms. The van der Waals surface area contributed by atoms with Gasteiger partial charge in [-0.25, -0.2) is 13.2 Å². The molecule has 3 aromatic rings. The van der Waals surface area contributed by atoms with Crippen LogP contribution in [0.2, 0.25) is 0 Å². The minimum absolute atomic E-state index is 0.0819. The highest BCUT2D eigenvalue weighted by atomic mass is 19.2. The molecular formula is C35H38F4O. The summed E-state index contributed by atoms with van der Waals surface area (Å²) in [5, 5.41) is 0. The number of unbranched alkanes of at least 4 members (excludes halogenated alkanes) is 5. The minimum atomic E-state index is -1.02. The van der Waals surface area contributed by atoms with Crippen molar-refractivity contribution >= 4 is 5.57 Å². The highest BCUT2D eigenvalue weighted by Gasteiger charge is 2.21. The lowest BCUT2D eigenvalue weighted by molar-refractivity contribution is 0.285. The Bertz CT molecular complexity index is 1340. The molecule has 1 nitrogen and oxygen atoms in total. The van der Waals surface area contributed by atoms with Gasteiger partial charge in [-0.2, -0.15) is 4.39 Å². The second-order valence-corrected chi connectivity index (χ2v) is 10.5. The van der Waals surface area contributed by atoms with E-state index in [0.717, 1.165) is 37.7 Å². The zero-order valence-corrected chi connectivity index (χ0v) is 23.4. The molecule has 212 valence electrons. The van der Waals surface area contributed by atoms with E-state index in [0.29, 0.717) is 35.6 Å². The van der Waals surface area contributed by atoms with Crippen LogP contribution in [0.15, 0.2) is 66.8 Å². The molecule has 0 fully saturated rings. The maximum absolute atomic E-state index is 15.2. The van der Waals surface area contributed by atoms with E-state index in [9.17, 15) is 8.78 Å². The Morgan fingerprint density at radius 3 is 1.93 bits per heavy atom. The second kappa shape index (κ2) is 14.3. The van der Waals surface area contributed by atoms with Crippen molar-refractivity contribution in [2.24, 2.45) is 5.92 Å². The van der Waals surface area contributed by atoms with Crippen molar-refractivity contribution in [3.8, 4) is 28.0 Å². The molecule has 1 aliphatic rings. The molecule has 5 heteroatoms. The minimum Gasteiger partial charge on any atom is -0.490 e. The highest BCUT2D eigenvalue weighted by Crippen LogP contribution is 2.36. The Kier molecular flexibility index (Phi) is 10.6. The first-order chi connectivity index (χ1) is 19.4. The average Bonchev–Trinajstić information content (AvgIpc) is 2.97. The van der Waals surface area contributed by atoms with Crippen molar-refractivity contribution in [1.29, 1.82) is 0 Å². The normalized spacial score (nSPS) is 15.4. The highest BCUT2D eigenvalue weighted by molar-refractivity contribution is 5.74. The van der Waals surface area contributed by atoms with Crippen LogP contribution in [0.3, 0.4) is 0 Å². The molecule has 4 rings (SSSR count). The molecule has 0 aliphatic heterocycles. The molecule has 0 heterocycles. The predicted octanol–water partition coefficient (Wildman–Crippen LogP) is 11.1. The predicted molar refractivity (Wildman–Crippen MR) is 156 cm³/mol. The van der Waals surface area contributed by atoms with Gasteiger partial charge in [0.2, 0.25) is 5.82 Å². The Labute approximate surface area is 235 Å². The molecular weight excluding hydrogens is 512 g/mol. The fourth-order valence-electron chi connectivity index (χ4n) is 5.33. The van der Waals surface area contributed by atoms with Crippen molar-refractivity contribution in [1.82, 2.24) is 0 Å². The molecule has 0 saturated carbocycles. The van der Waals surface area contributed by atoms with E-state index in [4.69, 9.17) is 4.74 Å². The van der Waals surface area contributed by atoms with E-state index in [1.54, 1.807) is 36.4 Å². The summed E-state index contributed by atoms with van der Waals surface area (Å²) < 4.78 is 65.4. The molecule has 0 aromatic heterocycles. The molecule has 0 N–H and O–H groups in total. The first kappa shape index (κ1) is 29.6. The van der Waals surface area contributed by atoms with Gasteiger partial charge in [0, 0.05) is 16.7 Å². The number of rotatable bonds is 12. The number of allylic oxidation sites excluding steroid dienone is 4. The molecule has 0 radical (unpaired) electrons. The number of ether oxygens (including phenoxy) is 1. The van der Waals surface area contributed by atoms with Gasteiger partial charge >= 0.3 is 0 Å². The van der Waals surface area contributed by atoms with Gasteiger partial charge in [-0.3, -0.25) is 0 Å². The van der Waals surface area contributed by atoms with Gasteiger partial charge in [-0.15, -0.1) is 0 Å². The monoisotopic (exact) mass is 550 g/mol. The van der Waals surface area contributed by atoms with Gasteiger partial charge in [0.15, 0.2) is 23.2 Å². The smallest absolute Gasteiger partial charge is 0.201 e. The first-order valence-corrected chi connectivity index (χ1v) is 14.5. The quantitative estimate of drug-likeness (QED) is 0.124. The maximum Gasteiger partial charge on any atom is 0.201 e. The molecule has 0 spiro atoms. The lowest BCUT2D eigenvalue weighted by Gasteiger charge is -2.20. The third-order valence-corrected chi connectivity index (χ3v) is 7.65. The van der Waals surface area contributed by atoms with Crippen molar-refractivity contribution in [3.05, 3.63) is 95.6 Å². The van der Waals surface area contributed by atoms with Gasteiger partial charge in [-0.1, -0.05) is 93.7 Å². The zero-order chi connectivity index (χ0) is 28.5. The number of halogens is 4. The third-order valence-electron chi connectivity index (χ3n) is 7.65. The van der Waals surface area contributed by atoms with Crippen LogP contribution < -0.4 is 4.74 Å². The summed E-state index contributed by atoms with van der Waals surface area (Å²) in [7, 11) is 0. The molecule has 0 amide bonds. The van der Waals surface area contributed by atoms with Gasteiger partial charge in [0.25, 0.3) is 0 Å². The van der Waals surface area contributed by atoms with Crippen molar-refractivity contribution in [3.63, 3.8) is 0 Å². The van der Waals surface area contributed by atoms with Crippen molar-refractivity contribution < 1.29 is 22.3 Å². The van der Waals surface area contributed by atoms with Crippen LogP contribution in [0.1, 0.15) is 77.2 Å². The Morgan fingerprint density at radius 1 is 0.725 bits per heavy atom. The Morgan fingerprint density at radius 2 is 1.30 bits per heavy atom. The van der Waals surface area contributed by atoms with Crippen LogP contribution in [0.4, 0.5) is 17.6 Å². The first-order valence-electron chi connectivity index (χ1n) is 14.5. The fraction of sp³-hybridized carbons (Fsp3) is 0.371. The molecule has 3 aromatic carbocycles. The SMILES string of the molecule is CC=CC1CC=C(c2ccc(-c3ccc(-c4ccc(OCCCCCCCC)c(F)c4F)cc3)c(F)c2F)CC1. The van der Waals surface area contributed by atoms with Crippen LogP contribution >= 0.6 is 0 Å². The van der Waals surface area contributed by atoms with Crippen molar-refractivity contribution in [2.45, 2.75) is 71.6 Å². The average molecular weight is 551 g/mol.